The molecule has 0 aliphatic carbocycles. The lowest BCUT2D eigenvalue weighted by molar-refractivity contribution is 0.532. The fraction of sp³-hybridized carbons (Fsp3) is 0.320. The Morgan fingerprint density at radius 1 is 1.15 bits per heavy atom. The first kappa shape index (κ1) is 26.2. The molecule has 33 heavy (non-hydrogen) atoms. The van der Waals surface area contributed by atoms with Crippen molar-refractivity contribution in [3.63, 3.8) is 0 Å². The Morgan fingerprint density at radius 3 is 2.55 bits per heavy atom. The number of benzene rings is 2. The number of nitrogens with one attached hydrogen (secondary N) is 3. The number of dihydropyridines is 1. The summed E-state index contributed by atoms with van der Waals surface area (Å²) in [6.45, 7) is 6.70. The molecule has 2 aromatic rings. The Kier molecular flexibility index (Phi) is 10.2. The van der Waals surface area contributed by atoms with Crippen molar-refractivity contribution in [1.29, 1.82) is 0 Å². The summed E-state index contributed by atoms with van der Waals surface area (Å²) in [6.07, 6.45) is 5.33. The smallest absolute Gasteiger partial charge is 0.149 e. The molecule has 5 N–H and O–H groups in total. The SMILES string of the molecule is CC.CCCc1cc(F)cc(F)c1N.CN=C1NC(c2ccccc2Cl)NC2=C1C=CNC2. The fourth-order valence-electron chi connectivity index (χ4n) is 3.44. The average Bonchev–Trinajstić information content (AvgIpc) is 2.83. The highest BCUT2D eigenvalue weighted by Crippen LogP contribution is 2.26. The molecule has 0 saturated heterocycles. The molecular weight excluding hydrogens is 444 g/mol. The molecule has 1 unspecified atom stereocenters. The molecule has 8 heteroatoms. The molecule has 0 bridgehead atoms. The second kappa shape index (κ2) is 12.8. The fourth-order valence-corrected chi connectivity index (χ4v) is 3.68. The third kappa shape index (κ3) is 6.71. The minimum Gasteiger partial charge on any atom is -0.396 e. The normalized spacial score (nSPS) is 17.4. The van der Waals surface area contributed by atoms with Crippen LogP contribution in [0.15, 0.2) is 64.9 Å². The first-order chi connectivity index (χ1) is 15.9. The Bertz CT molecular complexity index is 1030. The van der Waals surface area contributed by atoms with Gasteiger partial charge < -0.3 is 21.7 Å². The number of nitrogens with zero attached hydrogens (tertiary/aromatic N) is 1. The van der Waals surface area contributed by atoms with Crippen LogP contribution in [0.1, 0.15) is 44.5 Å². The number of rotatable bonds is 3. The number of hydrogen-bond donors (Lipinski definition) is 4. The van der Waals surface area contributed by atoms with E-state index in [1.807, 2.05) is 57.3 Å². The highest BCUT2D eigenvalue weighted by molar-refractivity contribution is 6.31. The van der Waals surface area contributed by atoms with E-state index in [9.17, 15) is 8.78 Å². The van der Waals surface area contributed by atoms with Gasteiger partial charge >= 0.3 is 0 Å². The van der Waals surface area contributed by atoms with E-state index in [-0.39, 0.29) is 11.9 Å². The number of hydrogen-bond acceptors (Lipinski definition) is 4. The maximum atomic E-state index is 12.8. The molecule has 5 nitrogen and oxygen atoms in total. The highest BCUT2D eigenvalue weighted by Gasteiger charge is 2.26. The van der Waals surface area contributed by atoms with Gasteiger partial charge in [0.1, 0.15) is 23.6 Å². The van der Waals surface area contributed by atoms with Crippen molar-refractivity contribution in [3.05, 3.63) is 87.7 Å². The summed E-state index contributed by atoms with van der Waals surface area (Å²) in [5, 5.41) is 10.8. The van der Waals surface area contributed by atoms with Gasteiger partial charge in [-0.25, -0.2) is 8.78 Å². The second-order valence-electron chi connectivity index (χ2n) is 7.13. The summed E-state index contributed by atoms with van der Waals surface area (Å²) in [4.78, 5) is 4.32. The first-order valence-electron chi connectivity index (χ1n) is 11.1. The van der Waals surface area contributed by atoms with Crippen LogP contribution in [0.4, 0.5) is 14.5 Å². The van der Waals surface area contributed by atoms with Crippen LogP contribution >= 0.6 is 11.6 Å². The third-order valence-corrected chi connectivity index (χ3v) is 5.31. The molecule has 1 atom stereocenters. The average molecular weight is 476 g/mol. The topological polar surface area (TPSA) is 74.5 Å². The first-order valence-corrected chi connectivity index (χ1v) is 11.4. The molecule has 0 aromatic heterocycles. The summed E-state index contributed by atoms with van der Waals surface area (Å²) in [6, 6.07) is 9.90. The van der Waals surface area contributed by atoms with Crippen molar-refractivity contribution in [1.82, 2.24) is 16.0 Å². The standard InChI is InChI=1S/C14H15ClN4.C9H11F2N.C2H6/c1-16-13-10-6-7-17-8-12(10)18-14(19-13)9-4-2-3-5-11(9)15;1-2-3-6-4-7(10)5-8(11)9(6)12;1-2/h2-7,14,17-18H,8H2,1H3,(H,16,19);4-5H,2-3,12H2,1H3;1-2H3. The van der Waals surface area contributed by atoms with Crippen LogP contribution in [0, 0.1) is 11.6 Å². The Labute approximate surface area is 199 Å². The van der Waals surface area contributed by atoms with Gasteiger partial charge in [-0.15, -0.1) is 0 Å². The van der Waals surface area contributed by atoms with E-state index in [1.54, 1.807) is 7.05 Å². The van der Waals surface area contributed by atoms with Crippen molar-refractivity contribution < 1.29 is 8.78 Å². The Morgan fingerprint density at radius 2 is 1.88 bits per heavy atom. The number of aryl methyl sites for hydroxylation is 1. The monoisotopic (exact) mass is 475 g/mol. The van der Waals surface area contributed by atoms with Gasteiger partial charge in [0, 0.05) is 35.0 Å². The van der Waals surface area contributed by atoms with Crippen LogP contribution in [0.25, 0.3) is 0 Å². The number of halogens is 3. The quantitative estimate of drug-likeness (QED) is 0.445. The van der Waals surface area contributed by atoms with E-state index in [2.05, 4.69) is 20.9 Å². The molecule has 2 aromatic carbocycles. The summed E-state index contributed by atoms with van der Waals surface area (Å²) < 4.78 is 25.4. The van der Waals surface area contributed by atoms with Gasteiger partial charge in [0.15, 0.2) is 0 Å². The summed E-state index contributed by atoms with van der Waals surface area (Å²) >= 11 is 6.26. The molecular formula is C25H32ClF2N5. The maximum absolute atomic E-state index is 12.8. The van der Waals surface area contributed by atoms with E-state index < -0.39 is 11.6 Å². The van der Waals surface area contributed by atoms with Gasteiger partial charge in [0.05, 0.1) is 12.2 Å². The van der Waals surface area contributed by atoms with Crippen molar-refractivity contribution >= 4 is 23.1 Å². The number of aliphatic imine (C=N–C) groups is 1. The predicted octanol–water partition coefficient (Wildman–Crippen LogP) is 5.46. The van der Waals surface area contributed by atoms with E-state index in [4.69, 9.17) is 17.3 Å². The highest BCUT2D eigenvalue weighted by atomic mass is 35.5. The molecule has 4 rings (SSSR count). The third-order valence-electron chi connectivity index (χ3n) is 4.97. The zero-order chi connectivity index (χ0) is 24.4. The Balaban J connectivity index is 0.000000238. The lowest BCUT2D eigenvalue weighted by Gasteiger charge is -2.33. The largest absolute Gasteiger partial charge is 0.396 e. The molecule has 0 spiro atoms. The van der Waals surface area contributed by atoms with E-state index in [0.717, 1.165) is 46.7 Å². The molecule has 2 aliphatic rings. The van der Waals surface area contributed by atoms with Gasteiger partial charge in [0.25, 0.3) is 0 Å². The minimum absolute atomic E-state index is 0.0561. The summed E-state index contributed by atoms with van der Waals surface area (Å²) in [5.74, 6) is -0.347. The van der Waals surface area contributed by atoms with Crippen LogP contribution in [-0.2, 0) is 6.42 Å². The van der Waals surface area contributed by atoms with E-state index >= 15 is 0 Å². The predicted molar refractivity (Wildman–Crippen MR) is 134 cm³/mol. The van der Waals surface area contributed by atoms with Gasteiger partial charge in [-0.2, -0.15) is 0 Å². The van der Waals surface area contributed by atoms with Crippen LogP contribution < -0.4 is 21.7 Å². The van der Waals surface area contributed by atoms with E-state index in [1.165, 1.54) is 6.07 Å². The van der Waals surface area contributed by atoms with Crippen LogP contribution in [0.3, 0.4) is 0 Å². The van der Waals surface area contributed by atoms with Gasteiger partial charge in [0.2, 0.25) is 0 Å². The minimum atomic E-state index is -0.668. The van der Waals surface area contributed by atoms with Crippen LogP contribution in [0.5, 0.6) is 0 Å². The molecule has 178 valence electrons. The van der Waals surface area contributed by atoms with Gasteiger partial charge in [-0.3, -0.25) is 4.99 Å². The van der Waals surface area contributed by atoms with Crippen molar-refractivity contribution in [3.8, 4) is 0 Å². The van der Waals surface area contributed by atoms with Crippen molar-refractivity contribution in [2.24, 2.45) is 4.99 Å². The molecule has 0 saturated carbocycles. The zero-order valence-electron chi connectivity index (χ0n) is 19.5. The van der Waals surface area contributed by atoms with Crippen molar-refractivity contribution in [2.45, 2.75) is 39.8 Å². The van der Waals surface area contributed by atoms with Gasteiger partial charge in [-0.05, 0) is 36.4 Å². The number of anilines is 1. The number of nitrogen functional groups attached to an aromatic ring is 1. The zero-order valence-corrected chi connectivity index (χ0v) is 20.2. The molecule has 0 fully saturated rings. The number of amidine groups is 1. The van der Waals surface area contributed by atoms with Crippen molar-refractivity contribution in [2.75, 3.05) is 19.3 Å². The molecule has 2 heterocycles. The summed E-state index contributed by atoms with van der Waals surface area (Å²) in [5.41, 5.74) is 9.27. The Hall–Kier alpha value is -3.06. The lowest BCUT2D eigenvalue weighted by Crippen LogP contribution is -2.47. The summed E-state index contributed by atoms with van der Waals surface area (Å²) in [7, 11) is 1.79. The number of nitrogens with two attached hydrogens (primary N) is 1. The lowest BCUT2D eigenvalue weighted by atomic mass is 10.0. The molecule has 0 amide bonds. The maximum Gasteiger partial charge on any atom is 0.149 e. The van der Waals surface area contributed by atoms with Crippen LogP contribution in [0.2, 0.25) is 5.02 Å². The second-order valence-corrected chi connectivity index (χ2v) is 7.54. The molecule has 0 radical (unpaired) electrons. The molecule has 2 aliphatic heterocycles. The van der Waals surface area contributed by atoms with E-state index in [0.29, 0.717) is 12.0 Å². The van der Waals surface area contributed by atoms with Crippen LogP contribution in [-0.4, -0.2) is 19.4 Å². The van der Waals surface area contributed by atoms with Gasteiger partial charge in [-0.1, -0.05) is 57.0 Å².